The van der Waals surface area contributed by atoms with Crippen molar-refractivity contribution in [3.05, 3.63) is 162 Å². The number of benzene rings is 4. The Morgan fingerprint density at radius 3 is 2.61 bits per heavy atom. The molecule has 1 atom stereocenters. The van der Waals surface area contributed by atoms with Gasteiger partial charge >= 0.3 is 0 Å². The van der Waals surface area contributed by atoms with Crippen molar-refractivity contribution in [2.24, 2.45) is 4.99 Å². The first kappa shape index (κ1) is 25.4. The van der Waals surface area contributed by atoms with Gasteiger partial charge in [-0.05, 0) is 59.9 Å². The number of aryl methyl sites for hydroxylation is 1. The molecule has 2 aliphatic rings. The topological polar surface area (TPSA) is 43.6 Å². The van der Waals surface area contributed by atoms with E-state index in [1.165, 1.54) is 35.1 Å². The van der Waals surface area contributed by atoms with Gasteiger partial charge in [0.2, 0.25) is 0 Å². The maximum atomic E-state index is 14.5. The summed E-state index contributed by atoms with van der Waals surface area (Å²) < 4.78 is 36.8. The molecule has 0 N–H and O–H groups in total. The molecular weight excluding hydrogens is 538 g/mol. The molecule has 0 spiro atoms. The lowest BCUT2D eigenvalue weighted by molar-refractivity contribution is 0.299. The summed E-state index contributed by atoms with van der Waals surface area (Å²) in [6.07, 6.45) is 3.35. The Bertz CT molecular complexity index is 2030. The average Bonchev–Trinajstić information content (AvgIpc) is 3.30. The fraction of sp³-hybridized carbons (Fsp3) is 0.118. The highest BCUT2D eigenvalue weighted by Gasteiger charge is 2.32. The predicted octanol–water partition coefficient (Wildman–Crippen LogP) is 6.18. The van der Waals surface area contributed by atoms with Crippen LogP contribution < -0.4 is 19.6 Å². The molecule has 41 heavy (non-hydrogen) atoms. The van der Waals surface area contributed by atoms with Gasteiger partial charge in [-0.2, -0.15) is 0 Å². The van der Waals surface area contributed by atoms with E-state index in [-0.39, 0.29) is 23.8 Å². The van der Waals surface area contributed by atoms with Crippen LogP contribution in [0.4, 0.5) is 8.78 Å². The summed E-state index contributed by atoms with van der Waals surface area (Å²) in [5.74, 6) is -0.140. The highest BCUT2D eigenvalue weighted by molar-refractivity contribution is 7.07. The van der Waals surface area contributed by atoms with E-state index < -0.39 is 6.04 Å². The second kappa shape index (κ2) is 10.4. The number of ether oxygens (including phenoxy) is 1. The normalized spacial score (nSPS) is 16.0. The van der Waals surface area contributed by atoms with Crippen LogP contribution in [-0.2, 0) is 13.0 Å². The van der Waals surface area contributed by atoms with Crippen LogP contribution >= 0.6 is 11.3 Å². The molecule has 2 heterocycles. The van der Waals surface area contributed by atoms with Gasteiger partial charge in [0.1, 0.15) is 24.0 Å². The number of hydrogen-bond acceptors (Lipinski definition) is 4. The third-order valence-electron chi connectivity index (χ3n) is 7.58. The molecule has 0 saturated carbocycles. The van der Waals surface area contributed by atoms with Crippen LogP contribution in [0, 0.1) is 11.6 Å². The Labute approximate surface area is 238 Å². The molecule has 202 valence electrons. The zero-order chi connectivity index (χ0) is 27.9. The van der Waals surface area contributed by atoms with Crippen molar-refractivity contribution < 1.29 is 13.5 Å². The number of halogens is 2. The molecule has 1 aromatic heterocycles. The van der Waals surface area contributed by atoms with Crippen LogP contribution in [0.15, 0.2) is 112 Å². The summed E-state index contributed by atoms with van der Waals surface area (Å²) in [5, 5.41) is 0. The van der Waals surface area contributed by atoms with E-state index in [0.29, 0.717) is 31.8 Å². The van der Waals surface area contributed by atoms with E-state index in [0.717, 1.165) is 29.7 Å². The molecule has 0 bridgehead atoms. The second-order valence-electron chi connectivity index (χ2n) is 10.1. The lowest BCUT2D eigenvalue weighted by Gasteiger charge is -2.30. The Kier molecular flexibility index (Phi) is 6.44. The number of rotatable bonds is 5. The van der Waals surface area contributed by atoms with Crippen molar-refractivity contribution in [2.75, 3.05) is 0 Å². The number of thiazole rings is 1. The van der Waals surface area contributed by atoms with Crippen LogP contribution in [-0.4, -0.2) is 4.57 Å². The molecular formula is C34H24F2N2O2S. The van der Waals surface area contributed by atoms with Gasteiger partial charge in [0.15, 0.2) is 4.80 Å². The van der Waals surface area contributed by atoms with Crippen LogP contribution in [0.3, 0.4) is 0 Å². The van der Waals surface area contributed by atoms with Gasteiger partial charge in [0, 0.05) is 16.7 Å². The first-order valence-corrected chi connectivity index (χ1v) is 14.2. The van der Waals surface area contributed by atoms with E-state index >= 15 is 0 Å². The van der Waals surface area contributed by atoms with E-state index in [4.69, 9.17) is 9.73 Å². The number of para-hydroxylation sites is 1. The maximum absolute atomic E-state index is 14.5. The van der Waals surface area contributed by atoms with E-state index in [1.54, 1.807) is 41.0 Å². The highest BCUT2D eigenvalue weighted by atomic mass is 32.1. The van der Waals surface area contributed by atoms with Gasteiger partial charge in [-0.3, -0.25) is 9.36 Å². The van der Waals surface area contributed by atoms with Crippen LogP contribution in [0.2, 0.25) is 0 Å². The first-order chi connectivity index (χ1) is 20.1. The summed E-state index contributed by atoms with van der Waals surface area (Å²) in [7, 11) is 0. The number of nitrogens with zero attached hydrogens (tertiary/aromatic N) is 2. The molecule has 0 saturated heterocycles. The summed E-state index contributed by atoms with van der Waals surface area (Å²) >= 11 is 1.30. The third-order valence-corrected chi connectivity index (χ3v) is 8.57. The monoisotopic (exact) mass is 562 g/mol. The third kappa shape index (κ3) is 4.62. The predicted molar refractivity (Wildman–Crippen MR) is 156 cm³/mol. The summed E-state index contributed by atoms with van der Waals surface area (Å²) in [6.45, 7) is 0.0600. The molecule has 5 aromatic rings. The van der Waals surface area contributed by atoms with E-state index in [9.17, 15) is 13.6 Å². The minimum atomic E-state index is -0.458. The quantitative estimate of drug-likeness (QED) is 0.257. The van der Waals surface area contributed by atoms with Gasteiger partial charge in [-0.1, -0.05) is 84.1 Å². The molecule has 1 aliphatic carbocycles. The fourth-order valence-electron chi connectivity index (χ4n) is 5.64. The minimum Gasteiger partial charge on any atom is -0.488 e. The Hall–Kier alpha value is -4.62. The SMILES string of the molecule is O=c1/c(=C/c2ccccc2OCc2ccccc2F)sc2n1C(c1cccc(F)c1)C1=C(N=2)c2ccccc2CC1. The Balaban J connectivity index is 1.37. The molecule has 0 fully saturated rings. The van der Waals surface area contributed by atoms with E-state index in [2.05, 4.69) is 12.1 Å². The molecule has 7 heteroatoms. The highest BCUT2D eigenvalue weighted by Crippen LogP contribution is 2.41. The largest absolute Gasteiger partial charge is 0.488 e. The molecule has 4 aromatic carbocycles. The smallest absolute Gasteiger partial charge is 0.271 e. The lowest BCUT2D eigenvalue weighted by Crippen LogP contribution is -2.38. The van der Waals surface area contributed by atoms with Crippen molar-refractivity contribution in [1.82, 2.24) is 4.57 Å². The number of aromatic nitrogens is 1. The zero-order valence-electron chi connectivity index (χ0n) is 21.9. The summed E-state index contributed by atoms with van der Waals surface area (Å²) in [6, 6.07) is 28.1. The molecule has 1 aliphatic heterocycles. The van der Waals surface area contributed by atoms with Crippen molar-refractivity contribution in [1.29, 1.82) is 0 Å². The van der Waals surface area contributed by atoms with Gasteiger partial charge in [0.25, 0.3) is 5.56 Å². The molecule has 0 radical (unpaired) electrons. The standard InChI is InChI=1S/C34H24F2N2O2S/c35-25-12-7-11-23(18-25)32-27-17-16-21-8-1-4-13-26(21)31(27)37-34-38(32)33(39)30(41-34)19-22-9-3-6-15-29(22)40-20-24-10-2-5-14-28(24)36/h1-15,18-19,32H,16-17,20H2/b30-19-. The number of fused-ring (bicyclic) bond motifs is 3. The van der Waals surface area contributed by atoms with Crippen LogP contribution in [0.1, 0.15) is 40.3 Å². The van der Waals surface area contributed by atoms with Crippen molar-refractivity contribution in [3.8, 4) is 5.75 Å². The fourth-order valence-corrected chi connectivity index (χ4v) is 6.63. The molecule has 0 amide bonds. The first-order valence-electron chi connectivity index (χ1n) is 13.4. The Morgan fingerprint density at radius 2 is 1.73 bits per heavy atom. The van der Waals surface area contributed by atoms with E-state index in [1.807, 2.05) is 36.4 Å². The number of hydrogen-bond donors (Lipinski definition) is 0. The van der Waals surface area contributed by atoms with Gasteiger partial charge in [-0.25, -0.2) is 13.8 Å². The second-order valence-corrected chi connectivity index (χ2v) is 11.1. The van der Waals surface area contributed by atoms with Crippen molar-refractivity contribution in [2.45, 2.75) is 25.5 Å². The van der Waals surface area contributed by atoms with Gasteiger partial charge < -0.3 is 4.74 Å². The van der Waals surface area contributed by atoms with Crippen molar-refractivity contribution >= 4 is 23.1 Å². The van der Waals surface area contributed by atoms with Crippen LogP contribution in [0.5, 0.6) is 5.75 Å². The molecule has 1 unspecified atom stereocenters. The lowest BCUT2D eigenvalue weighted by atomic mass is 9.83. The van der Waals surface area contributed by atoms with Crippen LogP contribution in [0.25, 0.3) is 11.8 Å². The van der Waals surface area contributed by atoms with Gasteiger partial charge in [0.05, 0.1) is 16.3 Å². The van der Waals surface area contributed by atoms with Crippen molar-refractivity contribution in [3.63, 3.8) is 0 Å². The number of allylic oxidation sites excluding steroid dienone is 1. The minimum absolute atomic E-state index is 0.0600. The summed E-state index contributed by atoms with van der Waals surface area (Å²) in [5.41, 5.74) is 5.82. The molecule has 4 nitrogen and oxygen atoms in total. The van der Waals surface area contributed by atoms with Gasteiger partial charge in [-0.15, -0.1) is 0 Å². The maximum Gasteiger partial charge on any atom is 0.271 e. The summed E-state index contributed by atoms with van der Waals surface area (Å²) in [4.78, 5) is 19.6. The zero-order valence-corrected chi connectivity index (χ0v) is 22.7. The average molecular weight is 563 g/mol. The molecule has 7 rings (SSSR count). The Morgan fingerprint density at radius 1 is 0.927 bits per heavy atom.